The van der Waals surface area contributed by atoms with Gasteiger partial charge in [-0.15, -0.1) is 0 Å². The smallest absolute Gasteiger partial charge is 0.270 e. The molecule has 1 aromatic heterocycles. The van der Waals surface area contributed by atoms with Crippen LogP contribution in [0.1, 0.15) is 12.6 Å². The van der Waals surface area contributed by atoms with Crippen molar-refractivity contribution >= 4 is 22.3 Å². The number of rotatable bonds is 2. The molecule has 110 valence electrons. The number of nitrogens with one attached hydrogen (secondary N) is 1. The average molecular weight is 286 g/mol. The molecule has 0 unspecified atom stereocenters. The van der Waals surface area contributed by atoms with E-state index in [-0.39, 0.29) is 10.6 Å². The van der Waals surface area contributed by atoms with E-state index in [0.29, 0.717) is 6.04 Å². The van der Waals surface area contributed by atoms with Crippen molar-refractivity contribution < 1.29 is 4.92 Å². The van der Waals surface area contributed by atoms with E-state index in [1.807, 2.05) is 13.0 Å². The summed E-state index contributed by atoms with van der Waals surface area (Å²) in [6.45, 7) is 6.80. The number of fused-ring (bicyclic) bond motifs is 1. The van der Waals surface area contributed by atoms with Crippen LogP contribution >= 0.6 is 0 Å². The van der Waals surface area contributed by atoms with Crippen molar-refractivity contribution in [2.24, 2.45) is 0 Å². The van der Waals surface area contributed by atoms with Gasteiger partial charge >= 0.3 is 0 Å². The van der Waals surface area contributed by atoms with Crippen LogP contribution in [-0.2, 0) is 0 Å². The molecule has 1 N–H and O–H groups in total. The molecule has 1 saturated heterocycles. The molecule has 6 nitrogen and oxygen atoms in total. The molecule has 0 bridgehead atoms. The van der Waals surface area contributed by atoms with E-state index in [1.165, 1.54) is 6.07 Å². The minimum atomic E-state index is -0.358. The number of aromatic nitrogens is 1. The zero-order valence-electron chi connectivity index (χ0n) is 12.2. The summed E-state index contributed by atoms with van der Waals surface area (Å²) in [6, 6.07) is 7.29. The molecule has 21 heavy (non-hydrogen) atoms. The summed E-state index contributed by atoms with van der Waals surface area (Å²) in [5.41, 5.74) is 2.88. The van der Waals surface area contributed by atoms with Crippen LogP contribution in [0.25, 0.3) is 10.9 Å². The molecule has 3 rings (SSSR count). The first kappa shape index (κ1) is 13.8. The van der Waals surface area contributed by atoms with Gasteiger partial charge in [0.2, 0.25) is 0 Å². The highest BCUT2D eigenvalue weighted by atomic mass is 16.6. The third kappa shape index (κ3) is 2.67. The summed E-state index contributed by atoms with van der Waals surface area (Å²) in [7, 11) is 0. The lowest BCUT2D eigenvalue weighted by atomic mass is 10.1. The van der Waals surface area contributed by atoms with E-state index in [4.69, 9.17) is 0 Å². The summed E-state index contributed by atoms with van der Waals surface area (Å²) >= 11 is 0. The lowest BCUT2D eigenvalue weighted by molar-refractivity contribution is -0.384. The quantitative estimate of drug-likeness (QED) is 0.677. The van der Waals surface area contributed by atoms with Gasteiger partial charge in [-0.25, -0.2) is 0 Å². The van der Waals surface area contributed by atoms with E-state index < -0.39 is 0 Å². The van der Waals surface area contributed by atoms with Gasteiger partial charge < -0.3 is 10.2 Å². The van der Waals surface area contributed by atoms with Crippen LogP contribution in [0.4, 0.5) is 11.4 Å². The second kappa shape index (κ2) is 5.29. The van der Waals surface area contributed by atoms with Crippen molar-refractivity contribution in [2.45, 2.75) is 19.9 Å². The molecule has 0 spiro atoms. The number of piperazine rings is 1. The van der Waals surface area contributed by atoms with Crippen LogP contribution in [0.2, 0.25) is 0 Å². The number of anilines is 1. The summed E-state index contributed by atoms with van der Waals surface area (Å²) in [6.07, 6.45) is 0. The van der Waals surface area contributed by atoms with E-state index in [1.54, 1.807) is 12.1 Å². The molecule has 0 amide bonds. The highest BCUT2D eigenvalue weighted by Crippen LogP contribution is 2.30. The van der Waals surface area contributed by atoms with Crippen molar-refractivity contribution in [1.29, 1.82) is 0 Å². The van der Waals surface area contributed by atoms with Gasteiger partial charge in [-0.3, -0.25) is 15.1 Å². The molecule has 1 atom stereocenters. The first-order valence-corrected chi connectivity index (χ1v) is 7.09. The van der Waals surface area contributed by atoms with Crippen molar-refractivity contribution in [2.75, 3.05) is 24.5 Å². The number of hydrogen-bond donors (Lipinski definition) is 1. The summed E-state index contributed by atoms with van der Waals surface area (Å²) in [5, 5.41) is 15.3. The largest absolute Gasteiger partial charge is 0.368 e. The van der Waals surface area contributed by atoms with Gasteiger partial charge in [-0.2, -0.15) is 0 Å². The molecule has 1 aromatic carbocycles. The molecule has 0 saturated carbocycles. The Balaban J connectivity index is 2.14. The van der Waals surface area contributed by atoms with Gasteiger partial charge in [0.1, 0.15) is 0 Å². The minimum Gasteiger partial charge on any atom is -0.368 e. The van der Waals surface area contributed by atoms with Crippen molar-refractivity contribution in [3.63, 3.8) is 0 Å². The number of nitro groups is 1. The topological polar surface area (TPSA) is 71.3 Å². The van der Waals surface area contributed by atoms with Crippen LogP contribution in [-0.4, -0.2) is 35.6 Å². The normalized spacial score (nSPS) is 19.0. The average Bonchev–Trinajstić information content (AvgIpc) is 2.45. The highest BCUT2D eigenvalue weighted by Gasteiger charge is 2.19. The Labute approximate surface area is 122 Å². The van der Waals surface area contributed by atoms with E-state index in [0.717, 1.165) is 41.9 Å². The van der Waals surface area contributed by atoms with Gasteiger partial charge in [0, 0.05) is 54.6 Å². The van der Waals surface area contributed by atoms with Gasteiger partial charge in [-0.05, 0) is 26.0 Å². The Morgan fingerprint density at radius 3 is 2.95 bits per heavy atom. The molecular weight excluding hydrogens is 268 g/mol. The fraction of sp³-hybridized carbons (Fsp3) is 0.400. The zero-order chi connectivity index (χ0) is 15.0. The summed E-state index contributed by atoms with van der Waals surface area (Å²) < 4.78 is 0. The monoisotopic (exact) mass is 286 g/mol. The van der Waals surface area contributed by atoms with Crippen LogP contribution in [0.15, 0.2) is 24.3 Å². The standard InChI is InChI=1S/C15H18N4O2/c1-10-7-15(18-6-5-16-11(2)9-18)13-8-12(19(20)21)3-4-14(13)17-10/h3-4,7-8,11,16H,5-6,9H2,1-2H3/t11-/m0/s1. The number of aryl methyl sites for hydroxylation is 1. The van der Waals surface area contributed by atoms with Crippen molar-refractivity contribution in [1.82, 2.24) is 10.3 Å². The summed E-state index contributed by atoms with van der Waals surface area (Å²) in [5.74, 6) is 0. The number of hydrogen-bond acceptors (Lipinski definition) is 5. The SMILES string of the molecule is Cc1cc(N2CCN[C@@H](C)C2)c2cc([N+](=O)[O-])ccc2n1. The molecule has 2 aromatic rings. The first-order valence-electron chi connectivity index (χ1n) is 7.09. The molecule has 0 aliphatic carbocycles. The predicted molar refractivity (Wildman–Crippen MR) is 82.8 cm³/mol. The fourth-order valence-corrected chi connectivity index (χ4v) is 2.85. The van der Waals surface area contributed by atoms with Gasteiger partial charge in [0.05, 0.1) is 10.4 Å². The Bertz CT molecular complexity index is 701. The number of pyridine rings is 1. The fourth-order valence-electron chi connectivity index (χ4n) is 2.85. The number of nitrogens with zero attached hydrogens (tertiary/aromatic N) is 3. The second-order valence-electron chi connectivity index (χ2n) is 5.54. The van der Waals surface area contributed by atoms with Crippen LogP contribution in [0, 0.1) is 17.0 Å². The van der Waals surface area contributed by atoms with Crippen LogP contribution in [0.3, 0.4) is 0 Å². The maximum absolute atomic E-state index is 11.0. The predicted octanol–water partition coefficient (Wildman–Crippen LogP) is 2.25. The Morgan fingerprint density at radius 2 is 2.24 bits per heavy atom. The molecule has 1 aliphatic rings. The van der Waals surface area contributed by atoms with Gasteiger partial charge in [0.25, 0.3) is 5.69 Å². The maximum atomic E-state index is 11.0. The molecule has 2 heterocycles. The second-order valence-corrected chi connectivity index (χ2v) is 5.54. The van der Waals surface area contributed by atoms with Crippen molar-refractivity contribution in [3.8, 4) is 0 Å². The first-order chi connectivity index (χ1) is 10.0. The zero-order valence-corrected chi connectivity index (χ0v) is 12.2. The maximum Gasteiger partial charge on any atom is 0.270 e. The van der Waals surface area contributed by atoms with E-state index >= 15 is 0 Å². The Hall–Kier alpha value is -2.21. The van der Waals surface area contributed by atoms with Gasteiger partial charge in [0.15, 0.2) is 0 Å². The Kier molecular flexibility index (Phi) is 3.47. The minimum absolute atomic E-state index is 0.109. The Morgan fingerprint density at radius 1 is 1.43 bits per heavy atom. The van der Waals surface area contributed by atoms with Crippen LogP contribution in [0.5, 0.6) is 0 Å². The third-order valence-corrected chi connectivity index (χ3v) is 3.82. The highest BCUT2D eigenvalue weighted by molar-refractivity contribution is 5.93. The lowest BCUT2D eigenvalue weighted by Gasteiger charge is -2.34. The number of nitro benzene ring substituents is 1. The molecule has 1 fully saturated rings. The molecule has 1 aliphatic heterocycles. The molecule has 0 radical (unpaired) electrons. The van der Waals surface area contributed by atoms with E-state index in [9.17, 15) is 10.1 Å². The van der Waals surface area contributed by atoms with Gasteiger partial charge in [-0.1, -0.05) is 0 Å². The lowest BCUT2D eigenvalue weighted by Crippen LogP contribution is -2.49. The number of non-ortho nitro benzene ring substituents is 1. The summed E-state index contributed by atoms with van der Waals surface area (Å²) in [4.78, 5) is 17.4. The number of benzene rings is 1. The van der Waals surface area contributed by atoms with Crippen molar-refractivity contribution in [3.05, 3.63) is 40.1 Å². The third-order valence-electron chi connectivity index (χ3n) is 3.82. The van der Waals surface area contributed by atoms with Crippen LogP contribution < -0.4 is 10.2 Å². The molecular formula is C15H18N4O2. The van der Waals surface area contributed by atoms with E-state index in [2.05, 4.69) is 22.1 Å². The molecule has 6 heteroatoms.